The number of fused-ring (bicyclic) bond motifs is 1. The summed E-state index contributed by atoms with van der Waals surface area (Å²) in [6.07, 6.45) is -5.35. The van der Waals surface area contributed by atoms with E-state index in [1.807, 2.05) is 0 Å². The van der Waals surface area contributed by atoms with Crippen molar-refractivity contribution in [2.75, 3.05) is 12.9 Å². The fourth-order valence-electron chi connectivity index (χ4n) is 5.02. The third-order valence-corrected chi connectivity index (χ3v) is 8.21. The number of carbonyl (C=O) groups is 1. The Bertz CT molecular complexity index is 1680. The van der Waals surface area contributed by atoms with E-state index in [2.05, 4.69) is 0 Å². The Morgan fingerprint density at radius 1 is 1.00 bits per heavy atom. The van der Waals surface area contributed by atoms with E-state index in [0.717, 1.165) is 36.0 Å². The second-order valence-corrected chi connectivity index (χ2v) is 10.3. The van der Waals surface area contributed by atoms with Crippen LogP contribution in [0.4, 0.5) is 22.0 Å². The minimum absolute atomic E-state index is 0.104. The Hall–Kier alpha value is -3.92. The van der Waals surface area contributed by atoms with Gasteiger partial charge < -0.3 is 4.74 Å². The number of halogens is 5. The molecule has 0 aliphatic carbocycles. The Labute approximate surface area is 230 Å². The topological polar surface area (TPSA) is 48.3 Å². The molecule has 0 N–H and O–H groups in total. The van der Waals surface area contributed by atoms with Gasteiger partial charge in [0, 0.05) is 34.9 Å². The van der Waals surface area contributed by atoms with E-state index in [4.69, 9.17) is 4.74 Å². The van der Waals surface area contributed by atoms with E-state index in [1.54, 1.807) is 30.3 Å². The SMILES string of the molecule is COc1ccc(-c2c(C)c(Cc3c(F)cccc3C(F)(F)F)c3n(c2=O)C(C(=O)c2ccccc2)CS3)c(F)c1. The molecule has 1 atom stereocenters. The highest BCUT2D eigenvalue weighted by molar-refractivity contribution is 7.99. The minimum atomic E-state index is -4.83. The molecule has 0 amide bonds. The van der Waals surface area contributed by atoms with Crippen molar-refractivity contribution >= 4 is 17.5 Å². The molecule has 0 radical (unpaired) electrons. The molecule has 0 bridgehead atoms. The zero-order chi connectivity index (χ0) is 28.8. The first-order valence-corrected chi connectivity index (χ1v) is 13.2. The van der Waals surface area contributed by atoms with Gasteiger partial charge in [-0.25, -0.2) is 8.78 Å². The Morgan fingerprint density at radius 3 is 2.38 bits per heavy atom. The minimum Gasteiger partial charge on any atom is -0.497 e. The second-order valence-electron chi connectivity index (χ2n) is 9.30. The molecule has 1 unspecified atom stereocenters. The number of alkyl halides is 3. The summed E-state index contributed by atoms with van der Waals surface area (Å²) in [4.78, 5) is 27.5. The summed E-state index contributed by atoms with van der Waals surface area (Å²) >= 11 is 1.13. The first-order valence-electron chi connectivity index (χ1n) is 12.2. The lowest BCUT2D eigenvalue weighted by molar-refractivity contribution is -0.138. The molecule has 4 nitrogen and oxygen atoms in total. The van der Waals surface area contributed by atoms with Crippen molar-refractivity contribution in [1.82, 2.24) is 4.57 Å². The molecule has 1 aromatic heterocycles. The number of ether oxygens (including phenoxy) is 1. The van der Waals surface area contributed by atoms with Crippen molar-refractivity contribution in [2.24, 2.45) is 0 Å². The third-order valence-electron chi connectivity index (χ3n) is 7.01. The number of ketones is 1. The maximum absolute atomic E-state index is 15.3. The summed E-state index contributed by atoms with van der Waals surface area (Å²) in [5.74, 6) is -1.88. The fraction of sp³-hybridized carbons (Fsp3) is 0.200. The van der Waals surface area contributed by atoms with Gasteiger partial charge in [-0.2, -0.15) is 13.2 Å². The predicted octanol–water partition coefficient (Wildman–Crippen LogP) is 7.25. The molecule has 0 saturated carbocycles. The van der Waals surface area contributed by atoms with Crippen LogP contribution >= 0.6 is 11.8 Å². The average molecular weight is 572 g/mol. The van der Waals surface area contributed by atoms with Crippen molar-refractivity contribution in [1.29, 1.82) is 0 Å². The molecule has 206 valence electrons. The molecule has 40 heavy (non-hydrogen) atoms. The Balaban J connectivity index is 1.78. The number of rotatable bonds is 6. The van der Waals surface area contributed by atoms with Gasteiger partial charge in [-0.1, -0.05) is 36.4 Å². The van der Waals surface area contributed by atoms with Crippen LogP contribution in [0.2, 0.25) is 0 Å². The number of hydrogen-bond donors (Lipinski definition) is 0. The van der Waals surface area contributed by atoms with E-state index in [0.29, 0.717) is 5.56 Å². The van der Waals surface area contributed by atoms with E-state index in [1.165, 1.54) is 30.7 Å². The van der Waals surface area contributed by atoms with Crippen LogP contribution in [0.15, 0.2) is 76.6 Å². The monoisotopic (exact) mass is 571 g/mol. The first kappa shape index (κ1) is 27.6. The van der Waals surface area contributed by atoms with Crippen LogP contribution in [-0.4, -0.2) is 23.2 Å². The number of methoxy groups -OCH3 is 1. The normalized spacial score (nSPS) is 14.7. The molecule has 1 aliphatic heterocycles. The van der Waals surface area contributed by atoms with Gasteiger partial charge in [-0.3, -0.25) is 14.2 Å². The number of carbonyl (C=O) groups excluding carboxylic acids is 1. The predicted molar refractivity (Wildman–Crippen MR) is 142 cm³/mol. The number of nitrogens with zero attached hydrogens (tertiary/aromatic N) is 1. The van der Waals surface area contributed by atoms with Crippen LogP contribution in [0.25, 0.3) is 11.1 Å². The molecule has 1 aliphatic rings. The van der Waals surface area contributed by atoms with Gasteiger partial charge in [0.2, 0.25) is 0 Å². The lowest BCUT2D eigenvalue weighted by atomic mass is 9.92. The summed E-state index contributed by atoms with van der Waals surface area (Å²) in [6.45, 7) is 1.50. The van der Waals surface area contributed by atoms with Crippen molar-refractivity contribution in [2.45, 2.75) is 30.6 Å². The molecule has 0 spiro atoms. The molecule has 2 heterocycles. The van der Waals surface area contributed by atoms with Crippen LogP contribution in [0.1, 0.15) is 38.7 Å². The highest BCUT2D eigenvalue weighted by atomic mass is 32.2. The largest absolute Gasteiger partial charge is 0.497 e. The molecule has 5 rings (SSSR count). The van der Waals surface area contributed by atoms with Crippen LogP contribution < -0.4 is 10.3 Å². The van der Waals surface area contributed by atoms with Crippen molar-refractivity contribution in [3.05, 3.63) is 117 Å². The van der Waals surface area contributed by atoms with E-state index in [-0.39, 0.29) is 44.6 Å². The lowest BCUT2D eigenvalue weighted by Crippen LogP contribution is -2.31. The number of aromatic nitrogens is 1. The number of pyridine rings is 1. The standard InChI is InChI=1S/C30H22F5NO3S/c1-16-20(14-21-22(30(33,34)35)9-6-10-23(21)31)29-36(25(15-40-29)27(37)17-7-4-3-5-8-17)28(38)26(16)19-12-11-18(39-2)13-24(19)32/h3-13,25H,14-15H2,1-2H3. The summed E-state index contributed by atoms with van der Waals surface area (Å²) in [5.41, 5.74) is -1.85. The Morgan fingerprint density at radius 2 is 1.73 bits per heavy atom. The fourth-order valence-corrected chi connectivity index (χ4v) is 6.39. The van der Waals surface area contributed by atoms with Gasteiger partial charge in [0.05, 0.1) is 23.3 Å². The number of thioether (sulfide) groups is 1. The van der Waals surface area contributed by atoms with Crippen LogP contribution in [0, 0.1) is 18.6 Å². The second kappa shape index (κ2) is 10.6. The zero-order valence-corrected chi connectivity index (χ0v) is 22.1. The maximum Gasteiger partial charge on any atom is 0.416 e. The maximum atomic E-state index is 15.3. The highest BCUT2D eigenvalue weighted by Crippen LogP contribution is 2.42. The number of hydrogen-bond acceptors (Lipinski definition) is 4. The summed E-state index contributed by atoms with van der Waals surface area (Å²) < 4.78 is 78.1. The van der Waals surface area contributed by atoms with Crippen molar-refractivity contribution in [3.8, 4) is 16.9 Å². The Kier molecular flexibility index (Phi) is 7.31. The lowest BCUT2D eigenvalue weighted by Gasteiger charge is -2.21. The molecule has 4 aromatic rings. The third kappa shape index (κ3) is 4.81. The first-order chi connectivity index (χ1) is 19.0. The highest BCUT2D eigenvalue weighted by Gasteiger charge is 2.38. The van der Waals surface area contributed by atoms with Gasteiger partial charge >= 0.3 is 6.18 Å². The quantitative estimate of drug-likeness (QED) is 0.181. The van der Waals surface area contributed by atoms with Crippen LogP contribution in [-0.2, 0) is 12.6 Å². The van der Waals surface area contributed by atoms with Gasteiger partial charge in [-0.15, -0.1) is 11.8 Å². The van der Waals surface area contributed by atoms with Crippen molar-refractivity contribution in [3.63, 3.8) is 0 Å². The molecule has 10 heteroatoms. The summed E-state index contributed by atoms with van der Waals surface area (Å²) in [7, 11) is 1.35. The summed E-state index contributed by atoms with van der Waals surface area (Å²) in [6, 6.07) is 13.9. The van der Waals surface area contributed by atoms with Gasteiger partial charge in [0.15, 0.2) is 5.78 Å². The average Bonchev–Trinajstić information content (AvgIpc) is 3.37. The van der Waals surface area contributed by atoms with Crippen molar-refractivity contribution < 1.29 is 31.5 Å². The smallest absolute Gasteiger partial charge is 0.416 e. The van der Waals surface area contributed by atoms with Gasteiger partial charge in [0.25, 0.3) is 5.56 Å². The van der Waals surface area contributed by atoms with Gasteiger partial charge in [0.1, 0.15) is 23.4 Å². The van der Waals surface area contributed by atoms with E-state index in [9.17, 15) is 27.2 Å². The molecule has 0 fully saturated rings. The number of benzene rings is 3. The van der Waals surface area contributed by atoms with E-state index >= 15 is 4.39 Å². The molecular formula is C30H22F5NO3S. The zero-order valence-electron chi connectivity index (χ0n) is 21.3. The summed E-state index contributed by atoms with van der Waals surface area (Å²) in [5, 5.41) is 0.255. The van der Waals surface area contributed by atoms with Gasteiger partial charge in [-0.05, 0) is 42.3 Å². The van der Waals surface area contributed by atoms with Crippen LogP contribution in [0.3, 0.4) is 0 Å². The molecule has 0 saturated heterocycles. The number of Topliss-reactive ketones (excluding diaryl/α,β-unsaturated/α-hetero) is 1. The molecule has 3 aromatic carbocycles. The van der Waals surface area contributed by atoms with E-state index < -0.39 is 47.0 Å². The van der Waals surface area contributed by atoms with Crippen LogP contribution in [0.5, 0.6) is 5.75 Å². The molecular weight excluding hydrogens is 549 g/mol.